The Hall–Kier alpha value is -1.91. The minimum Gasteiger partial charge on any atom is -0.478 e. The molecule has 5 nitrogen and oxygen atoms in total. The number of carboxylic acids is 1. The molecule has 5 heteroatoms. The molecule has 0 amide bonds. The summed E-state index contributed by atoms with van der Waals surface area (Å²) in [7, 11) is 0. The maximum absolute atomic E-state index is 10.4. The van der Waals surface area contributed by atoms with E-state index in [1.807, 2.05) is 0 Å². The van der Waals surface area contributed by atoms with Gasteiger partial charge in [-0.1, -0.05) is 13.8 Å². The fourth-order valence-corrected chi connectivity index (χ4v) is 2.06. The highest BCUT2D eigenvalue weighted by molar-refractivity contribution is 5.85. The molecule has 0 aliphatic carbocycles. The molecule has 0 saturated carbocycles. The largest absolute Gasteiger partial charge is 0.478 e. The van der Waals surface area contributed by atoms with E-state index < -0.39 is 5.97 Å². The Labute approximate surface area is 113 Å². The van der Waals surface area contributed by atoms with Crippen molar-refractivity contribution in [2.75, 3.05) is 18.0 Å². The van der Waals surface area contributed by atoms with Gasteiger partial charge >= 0.3 is 5.97 Å². The highest BCUT2D eigenvalue weighted by Crippen LogP contribution is 2.30. The van der Waals surface area contributed by atoms with Crippen LogP contribution in [0.25, 0.3) is 6.08 Å². The zero-order chi connectivity index (χ0) is 13.9. The molecule has 19 heavy (non-hydrogen) atoms. The quantitative estimate of drug-likeness (QED) is 0.845. The SMILES string of the molecule is CC1(C)CCN(c2ncc(/C=C/C(=O)O)cn2)CC1. The first-order valence-corrected chi connectivity index (χ1v) is 6.44. The van der Waals surface area contributed by atoms with Crippen LogP contribution in [0, 0.1) is 5.41 Å². The predicted molar refractivity (Wildman–Crippen MR) is 73.9 cm³/mol. The lowest BCUT2D eigenvalue weighted by atomic mass is 9.83. The Balaban J connectivity index is 2.01. The molecule has 0 aromatic carbocycles. The molecule has 2 heterocycles. The van der Waals surface area contributed by atoms with Crippen LogP contribution in [0.5, 0.6) is 0 Å². The fourth-order valence-electron chi connectivity index (χ4n) is 2.06. The summed E-state index contributed by atoms with van der Waals surface area (Å²) in [5, 5.41) is 8.55. The first kappa shape index (κ1) is 13.5. The minimum atomic E-state index is -0.970. The van der Waals surface area contributed by atoms with Crippen LogP contribution in [-0.4, -0.2) is 34.1 Å². The molecular formula is C14H19N3O2. The van der Waals surface area contributed by atoms with Gasteiger partial charge in [0.1, 0.15) is 0 Å². The van der Waals surface area contributed by atoms with Gasteiger partial charge < -0.3 is 10.0 Å². The molecule has 0 atom stereocenters. The molecule has 1 fully saturated rings. The summed E-state index contributed by atoms with van der Waals surface area (Å²) in [5.74, 6) is -0.245. The second-order valence-electron chi connectivity index (χ2n) is 5.64. The summed E-state index contributed by atoms with van der Waals surface area (Å²) in [6.45, 7) is 6.50. The fraction of sp³-hybridized carbons (Fsp3) is 0.500. The lowest BCUT2D eigenvalue weighted by Gasteiger charge is -2.36. The summed E-state index contributed by atoms with van der Waals surface area (Å²) < 4.78 is 0. The van der Waals surface area contributed by atoms with Gasteiger partial charge in [0.15, 0.2) is 0 Å². The number of carboxylic acid groups (broad SMARTS) is 1. The zero-order valence-corrected chi connectivity index (χ0v) is 11.3. The van der Waals surface area contributed by atoms with Crippen molar-refractivity contribution in [2.45, 2.75) is 26.7 Å². The normalized spacial score (nSPS) is 18.7. The van der Waals surface area contributed by atoms with Gasteiger partial charge in [-0.15, -0.1) is 0 Å². The predicted octanol–water partition coefficient (Wildman–Crippen LogP) is 2.20. The Bertz CT molecular complexity index is 470. The third kappa shape index (κ3) is 3.77. The van der Waals surface area contributed by atoms with E-state index in [0.29, 0.717) is 11.0 Å². The van der Waals surface area contributed by atoms with Crippen molar-refractivity contribution in [1.82, 2.24) is 9.97 Å². The molecule has 1 aliphatic rings. The van der Waals surface area contributed by atoms with Gasteiger partial charge in [0.2, 0.25) is 5.95 Å². The van der Waals surface area contributed by atoms with E-state index in [9.17, 15) is 4.79 Å². The van der Waals surface area contributed by atoms with Crippen molar-refractivity contribution < 1.29 is 9.90 Å². The lowest BCUT2D eigenvalue weighted by molar-refractivity contribution is -0.131. The van der Waals surface area contributed by atoms with E-state index in [-0.39, 0.29) is 0 Å². The zero-order valence-electron chi connectivity index (χ0n) is 11.3. The minimum absolute atomic E-state index is 0.403. The molecule has 0 spiro atoms. The van der Waals surface area contributed by atoms with E-state index >= 15 is 0 Å². The van der Waals surface area contributed by atoms with Gasteiger partial charge in [-0.2, -0.15) is 0 Å². The molecule has 1 aliphatic heterocycles. The van der Waals surface area contributed by atoms with Crippen LogP contribution in [0.4, 0.5) is 5.95 Å². The van der Waals surface area contributed by atoms with Crippen LogP contribution < -0.4 is 4.90 Å². The summed E-state index contributed by atoms with van der Waals surface area (Å²) >= 11 is 0. The van der Waals surface area contributed by atoms with E-state index in [0.717, 1.165) is 38.0 Å². The number of rotatable bonds is 3. The molecule has 1 aromatic rings. The van der Waals surface area contributed by atoms with Crippen LogP contribution in [0.15, 0.2) is 18.5 Å². The number of anilines is 1. The highest BCUT2D eigenvalue weighted by atomic mass is 16.4. The van der Waals surface area contributed by atoms with Crippen LogP contribution in [-0.2, 0) is 4.79 Å². The van der Waals surface area contributed by atoms with Gasteiger partial charge in [0.05, 0.1) is 0 Å². The smallest absolute Gasteiger partial charge is 0.328 e. The Kier molecular flexibility index (Phi) is 3.83. The van der Waals surface area contributed by atoms with E-state index in [1.54, 1.807) is 12.4 Å². The van der Waals surface area contributed by atoms with Crippen LogP contribution in [0.2, 0.25) is 0 Å². The molecule has 0 radical (unpaired) electrons. The Morgan fingerprint density at radius 1 is 1.32 bits per heavy atom. The molecule has 102 valence electrons. The third-order valence-corrected chi connectivity index (χ3v) is 3.48. The van der Waals surface area contributed by atoms with Gasteiger partial charge in [-0.3, -0.25) is 0 Å². The van der Waals surface area contributed by atoms with E-state index in [4.69, 9.17) is 5.11 Å². The second kappa shape index (κ2) is 5.38. The first-order chi connectivity index (χ1) is 8.96. The van der Waals surface area contributed by atoms with Crippen molar-refractivity contribution in [2.24, 2.45) is 5.41 Å². The number of hydrogen-bond donors (Lipinski definition) is 1. The Morgan fingerprint density at radius 3 is 2.42 bits per heavy atom. The standard InChI is InChI=1S/C14H19N3O2/c1-14(2)5-7-17(8-6-14)13-15-9-11(10-16-13)3-4-12(18)19/h3-4,9-10H,5-8H2,1-2H3,(H,18,19)/b4-3+. The monoisotopic (exact) mass is 261 g/mol. The number of nitrogens with zero attached hydrogens (tertiary/aromatic N) is 3. The van der Waals surface area contributed by atoms with Crippen LogP contribution in [0.1, 0.15) is 32.3 Å². The first-order valence-electron chi connectivity index (χ1n) is 6.44. The van der Waals surface area contributed by atoms with Crippen molar-refractivity contribution in [3.05, 3.63) is 24.0 Å². The Morgan fingerprint density at radius 2 is 1.89 bits per heavy atom. The summed E-state index contributed by atoms with van der Waals surface area (Å²) in [6, 6.07) is 0. The lowest BCUT2D eigenvalue weighted by Crippen LogP contribution is -2.38. The van der Waals surface area contributed by atoms with Crippen molar-refractivity contribution in [3.8, 4) is 0 Å². The molecule has 1 N–H and O–H groups in total. The number of aliphatic carboxylic acids is 1. The number of piperidine rings is 1. The highest BCUT2D eigenvalue weighted by Gasteiger charge is 2.26. The van der Waals surface area contributed by atoms with Crippen molar-refractivity contribution in [3.63, 3.8) is 0 Å². The van der Waals surface area contributed by atoms with Crippen molar-refractivity contribution in [1.29, 1.82) is 0 Å². The van der Waals surface area contributed by atoms with Crippen LogP contribution >= 0.6 is 0 Å². The average Bonchev–Trinajstić information content (AvgIpc) is 2.37. The molecular weight excluding hydrogens is 242 g/mol. The topological polar surface area (TPSA) is 66.3 Å². The molecule has 1 saturated heterocycles. The second-order valence-corrected chi connectivity index (χ2v) is 5.64. The van der Waals surface area contributed by atoms with E-state index in [1.165, 1.54) is 6.08 Å². The van der Waals surface area contributed by atoms with Gasteiger partial charge in [-0.05, 0) is 24.3 Å². The average molecular weight is 261 g/mol. The summed E-state index contributed by atoms with van der Waals surface area (Å²) in [5.41, 5.74) is 1.10. The molecule has 2 rings (SSSR count). The summed E-state index contributed by atoms with van der Waals surface area (Å²) in [6.07, 6.45) is 8.16. The van der Waals surface area contributed by atoms with Crippen molar-refractivity contribution >= 4 is 18.0 Å². The summed E-state index contributed by atoms with van der Waals surface area (Å²) in [4.78, 5) is 21.2. The van der Waals surface area contributed by atoms with E-state index in [2.05, 4.69) is 28.7 Å². The maximum Gasteiger partial charge on any atom is 0.328 e. The molecule has 0 bridgehead atoms. The molecule has 1 aromatic heterocycles. The van der Waals surface area contributed by atoms with Gasteiger partial charge in [-0.25, -0.2) is 14.8 Å². The van der Waals surface area contributed by atoms with Gasteiger partial charge in [0, 0.05) is 37.1 Å². The van der Waals surface area contributed by atoms with Gasteiger partial charge in [0.25, 0.3) is 0 Å². The maximum atomic E-state index is 10.4. The number of hydrogen-bond acceptors (Lipinski definition) is 4. The number of carbonyl (C=O) groups is 1. The molecule has 0 unspecified atom stereocenters. The number of aromatic nitrogens is 2. The third-order valence-electron chi connectivity index (χ3n) is 3.48. The van der Waals surface area contributed by atoms with Crippen LogP contribution in [0.3, 0.4) is 0 Å².